The smallest absolute Gasteiger partial charge is 0.307 e. The molecule has 3 rings (SSSR count). The van der Waals surface area contributed by atoms with Crippen molar-refractivity contribution in [3.05, 3.63) is 29.6 Å². The van der Waals surface area contributed by atoms with Gasteiger partial charge < -0.3 is 30.1 Å². The van der Waals surface area contributed by atoms with Gasteiger partial charge in [0.25, 0.3) is 0 Å². The molecule has 2 saturated heterocycles. The SMILES string of the molecule is CC(C(=O)O)C(CC(CSSc1ccccn1)C(=O)N1CC(C)N(/[N+]([O-])=N/O)CC1C)C(=O)N1CCOCC1. The highest BCUT2D eigenvalue weighted by atomic mass is 33.1. The Balaban J connectivity index is 1.83. The predicted molar refractivity (Wildman–Crippen MR) is 144 cm³/mol. The quantitative estimate of drug-likeness (QED) is 0.170. The van der Waals surface area contributed by atoms with Gasteiger partial charge in [-0.2, -0.15) is 0 Å². The van der Waals surface area contributed by atoms with Crippen LogP contribution in [-0.2, 0) is 19.1 Å². The zero-order valence-corrected chi connectivity index (χ0v) is 23.9. The van der Waals surface area contributed by atoms with Gasteiger partial charge in [0, 0.05) is 37.5 Å². The molecule has 1 aromatic rings. The fourth-order valence-corrected chi connectivity index (χ4v) is 6.99. The van der Waals surface area contributed by atoms with Crippen molar-refractivity contribution < 1.29 is 34.4 Å². The first-order valence-electron chi connectivity index (χ1n) is 12.8. The summed E-state index contributed by atoms with van der Waals surface area (Å²) in [5, 5.41) is 35.5. The van der Waals surface area contributed by atoms with Crippen LogP contribution in [0.4, 0.5) is 0 Å². The van der Waals surface area contributed by atoms with Crippen molar-refractivity contribution in [1.29, 1.82) is 0 Å². The number of morpholine rings is 1. The predicted octanol–water partition coefficient (Wildman–Crippen LogP) is 2.21. The zero-order chi connectivity index (χ0) is 28.5. The number of ether oxygens (including phenoxy) is 1. The first kappa shape index (κ1) is 30.8. The Morgan fingerprint density at radius 1 is 1.21 bits per heavy atom. The lowest BCUT2D eigenvalue weighted by molar-refractivity contribution is -0.719. The molecule has 2 fully saturated rings. The highest BCUT2D eigenvalue weighted by molar-refractivity contribution is 8.76. The third-order valence-electron chi connectivity index (χ3n) is 7.10. The fourth-order valence-electron chi connectivity index (χ4n) is 4.77. The molecule has 216 valence electrons. The van der Waals surface area contributed by atoms with E-state index < -0.39 is 29.8 Å². The maximum atomic E-state index is 14.0. The van der Waals surface area contributed by atoms with Crippen LogP contribution in [0, 0.1) is 23.0 Å². The number of nitrogens with zero attached hydrogens (tertiary/aromatic N) is 6. The van der Waals surface area contributed by atoms with Crippen molar-refractivity contribution in [3.63, 3.8) is 0 Å². The Morgan fingerprint density at radius 2 is 1.92 bits per heavy atom. The molecule has 2 amide bonds. The Hall–Kier alpha value is -2.78. The van der Waals surface area contributed by atoms with Crippen LogP contribution in [-0.4, -0.2) is 110 Å². The molecule has 0 aromatic carbocycles. The largest absolute Gasteiger partial charge is 0.569 e. The van der Waals surface area contributed by atoms with Gasteiger partial charge >= 0.3 is 5.97 Å². The van der Waals surface area contributed by atoms with Gasteiger partial charge in [0.2, 0.25) is 17.1 Å². The van der Waals surface area contributed by atoms with Crippen LogP contribution in [0.5, 0.6) is 0 Å². The molecule has 2 aliphatic heterocycles. The van der Waals surface area contributed by atoms with Crippen molar-refractivity contribution in [3.8, 4) is 0 Å². The summed E-state index contributed by atoms with van der Waals surface area (Å²) >= 11 is 0. The Morgan fingerprint density at radius 3 is 2.54 bits per heavy atom. The van der Waals surface area contributed by atoms with Crippen molar-refractivity contribution >= 4 is 39.4 Å². The van der Waals surface area contributed by atoms with E-state index in [1.807, 2.05) is 18.2 Å². The summed E-state index contributed by atoms with van der Waals surface area (Å²) in [6, 6.07) is 4.73. The molecule has 13 nitrogen and oxygen atoms in total. The van der Waals surface area contributed by atoms with Crippen molar-refractivity contribution in [2.45, 2.75) is 44.3 Å². The van der Waals surface area contributed by atoms with E-state index in [-0.39, 0.29) is 42.3 Å². The van der Waals surface area contributed by atoms with Crippen LogP contribution in [0.2, 0.25) is 0 Å². The number of piperazine rings is 1. The number of carbonyl (C=O) groups is 3. The van der Waals surface area contributed by atoms with Crippen molar-refractivity contribution in [1.82, 2.24) is 19.8 Å². The molecular formula is C24H36N6O7S2. The molecule has 0 radical (unpaired) electrons. The topological polar surface area (TPSA) is 162 Å². The van der Waals surface area contributed by atoms with E-state index in [1.54, 1.807) is 29.8 Å². The van der Waals surface area contributed by atoms with E-state index in [0.717, 1.165) is 5.03 Å². The molecule has 15 heteroatoms. The first-order valence-corrected chi connectivity index (χ1v) is 15.1. The van der Waals surface area contributed by atoms with E-state index in [1.165, 1.54) is 33.5 Å². The van der Waals surface area contributed by atoms with Gasteiger partial charge in [-0.25, -0.2) is 4.98 Å². The van der Waals surface area contributed by atoms with Gasteiger partial charge in [-0.3, -0.25) is 14.4 Å². The molecule has 39 heavy (non-hydrogen) atoms. The van der Waals surface area contributed by atoms with E-state index in [4.69, 9.17) is 9.94 Å². The summed E-state index contributed by atoms with van der Waals surface area (Å²) in [6.45, 7) is 6.94. The summed E-state index contributed by atoms with van der Waals surface area (Å²) < 4.78 is 5.35. The Labute approximate surface area is 235 Å². The number of aliphatic carboxylic acids is 1. The molecule has 1 aromatic heterocycles. The van der Waals surface area contributed by atoms with Crippen LogP contribution in [0.25, 0.3) is 0 Å². The molecule has 0 saturated carbocycles. The number of carboxylic acid groups (broad SMARTS) is 1. The van der Waals surface area contributed by atoms with E-state index >= 15 is 0 Å². The van der Waals surface area contributed by atoms with Crippen LogP contribution in [0.15, 0.2) is 34.7 Å². The van der Waals surface area contributed by atoms with Crippen LogP contribution in [0.3, 0.4) is 0 Å². The summed E-state index contributed by atoms with van der Waals surface area (Å²) in [5.41, 5.74) is 0. The number of hydrogen-bond donors (Lipinski definition) is 2. The lowest BCUT2D eigenvalue weighted by atomic mass is 9.83. The standard InChI is InChI=1S/C24H36N6O7S2/c1-16-14-29(30(36)26-35)17(2)13-28(16)22(31)19(15-38-39-21-6-4-5-7-25-21)12-20(18(3)24(33)34)23(32)27-8-10-37-11-9-27/h4-7,16-20,35H,8-15H2,1-3H3,(H,33,34)/b30-26-. The van der Waals surface area contributed by atoms with Crippen molar-refractivity contribution in [2.75, 3.05) is 45.1 Å². The van der Waals surface area contributed by atoms with Crippen LogP contribution in [0.1, 0.15) is 27.2 Å². The summed E-state index contributed by atoms with van der Waals surface area (Å²) in [7, 11) is 2.83. The van der Waals surface area contributed by atoms with Gasteiger partial charge in [-0.05, 0) is 43.2 Å². The summed E-state index contributed by atoms with van der Waals surface area (Å²) in [5.74, 6) is -3.80. The molecule has 5 atom stereocenters. The molecule has 3 heterocycles. The second kappa shape index (κ2) is 14.6. The average Bonchev–Trinajstić information content (AvgIpc) is 2.95. The second-order valence-corrected chi connectivity index (χ2v) is 12.2. The fraction of sp³-hybridized carbons (Fsp3) is 0.667. The van der Waals surface area contributed by atoms with E-state index in [2.05, 4.69) is 10.3 Å². The van der Waals surface area contributed by atoms with Gasteiger partial charge in [0.15, 0.2) is 0 Å². The van der Waals surface area contributed by atoms with E-state index in [0.29, 0.717) is 32.1 Å². The van der Waals surface area contributed by atoms with Crippen LogP contribution >= 0.6 is 21.6 Å². The third-order valence-corrected chi connectivity index (χ3v) is 9.45. The van der Waals surface area contributed by atoms with Gasteiger partial charge in [-0.15, -0.1) is 5.01 Å². The van der Waals surface area contributed by atoms with Gasteiger partial charge in [-0.1, -0.05) is 23.8 Å². The maximum Gasteiger partial charge on any atom is 0.307 e. The number of aromatic nitrogens is 1. The number of pyridine rings is 1. The Kier molecular flexibility index (Phi) is 11.5. The highest BCUT2D eigenvalue weighted by Gasteiger charge is 2.42. The number of carbonyl (C=O) groups excluding carboxylic acids is 2. The second-order valence-electron chi connectivity index (χ2n) is 9.79. The van der Waals surface area contributed by atoms with Gasteiger partial charge in [0.05, 0.1) is 42.6 Å². The molecule has 0 aliphatic carbocycles. The summed E-state index contributed by atoms with van der Waals surface area (Å²) in [6.07, 6.45) is 1.75. The van der Waals surface area contributed by atoms with Crippen molar-refractivity contribution in [2.24, 2.45) is 23.0 Å². The monoisotopic (exact) mass is 584 g/mol. The number of hydrogen-bond acceptors (Lipinski definition) is 9. The first-order chi connectivity index (χ1) is 18.6. The normalized spacial score (nSPS) is 22.7. The lowest BCUT2D eigenvalue weighted by Gasteiger charge is -2.42. The highest BCUT2D eigenvalue weighted by Crippen LogP contribution is 2.35. The average molecular weight is 585 g/mol. The number of rotatable bonds is 11. The summed E-state index contributed by atoms with van der Waals surface area (Å²) in [4.78, 5) is 47.2. The minimum atomic E-state index is -1.10. The van der Waals surface area contributed by atoms with Crippen LogP contribution < -0.4 is 0 Å². The third kappa shape index (κ3) is 8.11. The molecule has 2 aliphatic rings. The molecule has 5 unspecified atom stereocenters. The molecule has 0 spiro atoms. The number of amides is 2. The lowest BCUT2D eigenvalue weighted by Crippen LogP contribution is -2.60. The van der Waals surface area contributed by atoms with Gasteiger partial charge in [0.1, 0.15) is 11.1 Å². The number of carboxylic acids is 1. The zero-order valence-electron chi connectivity index (χ0n) is 22.3. The minimum absolute atomic E-state index is 0.0687. The van der Waals surface area contributed by atoms with E-state index in [9.17, 15) is 24.7 Å². The Bertz CT molecular complexity index is 1010. The minimum Gasteiger partial charge on any atom is -0.569 e. The maximum absolute atomic E-state index is 14.0. The number of hydrazine groups is 1. The molecule has 2 N–H and O–H groups in total. The molecule has 0 bridgehead atoms. The molecular weight excluding hydrogens is 548 g/mol.